The number of benzene rings is 5. The summed E-state index contributed by atoms with van der Waals surface area (Å²) in [6.07, 6.45) is 1.79. The molecule has 0 unspecified atom stereocenters. The summed E-state index contributed by atoms with van der Waals surface area (Å²) in [7, 11) is 0. The first-order valence-electron chi connectivity index (χ1n) is 13.0. The monoisotopic (exact) mass is 519 g/mol. The second-order valence-electron chi connectivity index (χ2n) is 9.87. The van der Waals surface area contributed by atoms with Crippen LogP contribution in [0.1, 0.15) is 0 Å². The van der Waals surface area contributed by atoms with Crippen molar-refractivity contribution in [3.8, 4) is 33.5 Å². The van der Waals surface area contributed by atoms with Crippen LogP contribution in [0.15, 0.2) is 121 Å². The van der Waals surface area contributed by atoms with E-state index in [0.717, 1.165) is 55.6 Å². The lowest BCUT2D eigenvalue weighted by atomic mass is 9.89. The number of nitrogens with one attached hydrogen (secondary N) is 2. The normalized spacial score (nSPS) is 11.7. The Labute approximate surface area is 229 Å². The molecule has 0 bridgehead atoms. The summed E-state index contributed by atoms with van der Waals surface area (Å²) in [6, 6.07) is 40.1. The van der Waals surface area contributed by atoms with Gasteiger partial charge in [0.2, 0.25) is 0 Å². The molecule has 3 aromatic heterocycles. The van der Waals surface area contributed by atoms with Gasteiger partial charge >= 0.3 is 0 Å². The quantitative estimate of drug-likeness (QED) is 0.239. The van der Waals surface area contributed by atoms with E-state index in [1.54, 1.807) is 6.20 Å². The third-order valence-corrected chi connectivity index (χ3v) is 7.99. The zero-order valence-electron chi connectivity index (χ0n) is 20.9. The molecule has 8 aromatic rings. The highest BCUT2D eigenvalue weighted by atomic mass is 35.5. The van der Waals surface area contributed by atoms with Crippen molar-refractivity contribution in [3.05, 3.63) is 126 Å². The molecule has 0 amide bonds. The van der Waals surface area contributed by atoms with Crippen LogP contribution >= 0.6 is 11.6 Å². The molecule has 3 nitrogen and oxygen atoms in total. The molecule has 0 aliphatic rings. The van der Waals surface area contributed by atoms with E-state index in [1.165, 1.54) is 21.5 Å². The van der Waals surface area contributed by atoms with Gasteiger partial charge in [-0.3, -0.25) is 4.98 Å². The Hall–Kier alpha value is -4.86. The Morgan fingerprint density at radius 3 is 1.69 bits per heavy atom. The molecule has 4 heteroatoms. The molecule has 0 saturated heterocycles. The third kappa shape index (κ3) is 3.34. The first kappa shape index (κ1) is 22.2. The van der Waals surface area contributed by atoms with Gasteiger partial charge in [-0.2, -0.15) is 0 Å². The summed E-state index contributed by atoms with van der Waals surface area (Å²) < 4.78 is 0. The second kappa shape index (κ2) is 8.59. The largest absolute Gasteiger partial charge is 0.354 e. The molecule has 2 N–H and O–H groups in total. The minimum absolute atomic E-state index is 0.622. The van der Waals surface area contributed by atoms with Gasteiger partial charge in [0.1, 0.15) is 0 Å². The number of hydrogen-bond acceptors (Lipinski definition) is 1. The van der Waals surface area contributed by atoms with Gasteiger partial charge in [0, 0.05) is 61.0 Å². The van der Waals surface area contributed by atoms with Crippen LogP contribution in [0.5, 0.6) is 0 Å². The molecule has 0 aliphatic heterocycles. The highest BCUT2D eigenvalue weighted by molar-refractivity contribution is 6.34. The van der Waals surface area contributed by atoms with Gasteiger partial charge in [-0.05, 0) is 17.7 Å². The highest BCUT2D eigenvalue weighted by Crippen LogP contribution is 2.46. The molecule has 184 valence electrons. The number of para-hydroxylation sites is 4. The fourth-order valence-electron chi connectivity index (χ4n) is 5.99. The van der Waals surface area contributed by atoms with Crippen molar-refractivity contribution in [2.24, 2.45) is 0 Å². The number of hydrogen-bond donors (Lipinski definition) is 2. The maximum atomic E-state index is 7.01. The van der Waals surface area contributed by atoms with Crippen LogP contribution in [0.25, 0.3) is 77.1 Å². The standard InChI is InChI=1S/C35H22ClN3/c36-28-20-37-35(27-17-9-15-25-23-13-5-7-19-30(23)39-34(25)27)32(31(28)21-10-2-1-3-11-21)26-16-8-14-24-22-12-4-6-18-29(22)38-33(24)26/h1-20,38-39H. The lowest BCUT2D eigenvalue weighted by Gasteiger charge is -2.18. The summed E-state index contributed by atoms with van der Waals surface area (Å²) in [5.41, 5.74) is 10.4. The van der Waals surface area contributed by atoms with Crippen molar-refractivity contribution >= 4 is 55.2 Å². The van der Waals surface area contributed by atoms with E-state index in [0.29, 0.717) is 5.02 Å². The molecular weight excluding hydrogens is 498 g/mol. The predicted molar refractivity (Wildman–Crippen MR) is 164 cm³/mol. The summed E-state index contributed by atoms with van der Waals surface area (Å²) in [4.78, 5) is 12.4. The van der Waals surface area contributed by atoms with Gasteiger partial charge in [-0.15, -0.1) is 0 Å². The lowest BCUT2D eigenvalue weighted by Crippen LogP contribution is -1.96. The van der Waals surface area contributed by atoms with E-state index in [1.807, 2.05) is 6.07 Å². The number of fused-ring (bicyclic) bond motifs is 6. The van der Waals surface area contributed by atoms with Gasteiger partial charge in [0.05, 0.1) is 21.7 Å². The van der Waals surface area contributed by atoms with Gasteiger partial charge < -0.3 is 9.97 Å². The van der Waals surface area contributed by atoms with Crippen molar-refractivity contribution in [3.63, 3.8) is 0 Å². The minimum Gasteiger partial charge on any atom is -0.354 e. The molecule has 5 aromatic carbocycles. The molecule has 0 spiro atoms. The number of rotatable bonds is 3. The maximum Gasteiger partial charge on any atom is 0.0809 e. The number of halogens is 1. The van der Waals surface area contributed by atoms with Crippen LogP contribution in [-0.4, -0.2) is 15.0 Å². The van der Waals surface area contributed by atoms with Crippen LogP contribution < -0.4 is 0 Å². The zero-order valence-corrected chi connectivity index (χ0v) is 21.6. The smallest absolute Gasteiger partial charge is 0.0809 e. The summed E-state index contributed by atoms with van der Waals surface area (Å²) >= 11 is 7.01. The van der Waals surface area contributed by atoms with E-state index in [-0.39, 0.29) is 0 Å². The van der Waals surface area contributed by atoms with Crippen molar-refractivity contribution in [1.82, 2.24) is 15.0 Å². The third-order valence-electron chi connectivity index (χ3n) is 7.70. The Bertz CT molecular complexity index is 2190. The van der Waals surface area contributed by atoms with E-state index < -0.39 is 0 Å². The SMILES string of the molecule is Clc1cnc(-c2cccc3c2[nH]c2ccccc23)c(-c2cccc3c2[nH]c2ccccc23)c1-c1ccccc1. The Morgan fingerprint density at radius 1 is 0.487 bits per heavy atom. The first-order chi connectivity index (χ1) is 19.3. The molecule has 0 saturated carbocycles. The molecule has 0 fully saturated rings. The topological polar surface area (TPSA) is 44.5 Å². The average Bonchev–Trinajstić information content (AvgIpc) is 3.56. The van der Waals surface area contributed by atoms with E-state index in [2.05, 4.69) is 119 Å². The number of H-pyrrole nitrogens is 2. The zero-order chi connectivity index (χ0) is 25.9. The second-order valence-corrected chi connectivity index (χ2v) is 10.3. The summed E-state index contributed by atoms with van der Waals surface area (Å²) in [5, 5.41) is 5.38. The van der Waals surface area contributed by atoms with E-state index in [9.17, 15) is 0 Å². The number of aromatic amines is 2. The highest BCUT2D eigenvalue weighted by Gasteiger charge is 2.23. The summed E-state index contributed by atoms with van der Waals surface area (Å²) in [6.45, 7) is 0. The molecular formula is C35H22ClN3. The fraction of sp³-hybridized carbons (Fsp3) is 0. The molecule has 0 aliphatic carbocycles. The molecule has 8 rings (SSSR count). The van der Waals surface area contributed by atoms with Crippen LogP contribution in [0, 0.1) is 0 Å². The molecule has 0 atom stereocenters. The Kier molecular flexibility index (Phi) is 4.88. The summed E-state index contributed by atoms with van der Waals surface area (Å²) in [5.74, 6) is 0. The molecule has 0 radical (unpaired) electrons. The number of nitrogens with zero attached hydrogens (tertiary/aromatic N) is 1. The van der Waals surface area contributed by atoms with Gasteiger partial charge in [-0.1, -0.05) is 115 Å². The van der Waals surface area contributed by atoms with Crippen molar-refractivity contribution in [2.45, 2.75) is 0 Å². The van der Waals surface area contributed by atoms with Gasteiger partial charge in [-0.25, -0.2) is 0 Å². The average molecular weight is 520 g/mol. The van der Waals surface area contributed by atoms with E-state index in [4.69, 9.17) is 16.6 Å². The van der Waals surface area contributed by atoms with Crippen LogP contribution in [-0.2, 0) is 0 Å². The maximum absolute atomic E-state index is 7.01. The van der Waals surface area contributed by atoms with Crippen molar-refractivity contribution in [2.75, 3.05) is 0 Å². The minimum atomic E-state index is 0.622. The molecule has 3 heterocycles. The van der Waals surface area contributed by atoms with Crippen LogP contribution in [0.4, 0.5) is 0 Å². The van der Waals surface area contributed by atoms with Gasteiger partial charge in [0.25, 0.3) is 0 Å². The Morgan fingerprint density at radius 2 is 1.03 bits per heavy atom. The predicted octanol–water partition coefficient (Wildman–Crippen LogP) is 10.0. The molecule has 39 heavy (non-hydrogen) atoms. The number of aromatic nitrogens is 3. The van der Waals surface area contributed by atoms with Crippen LogP contribution in [0.3, 0.4) is 0 Å². The fourth-order valence-corrected chi connectivity index (χ4v) is 6.25. The van der Waals surface area contributed by atoms with Crippen molar-refractivity contribution < 1.29 is 0 Å². The van der Waals surface area contributed by atoms with Crippen LogP contribution in [0.2, 0.25) is 5.02 Å². The first-order valence-corrected chi connectivity index (χ1v) is 13.4. The van der Waals surface area contributed by atoms with Crippen molar-refractivity contribution in [1.29, 1.82) is 0 Å². The number of pyridine rings is 1. The van der Waals surface area contributed by atoms with Gasteiger partial charge in [0.15, 0.2) is 0 Å². The lowest BCUT2D eigenvalue weighted by molar-refractivity contribution is 1.33. The van der Waals surface area contributed by atoms with E-state index >= 15 is 0 Å². The Balaban J connectivity index is 1.53.